The van der Waals surface area contributed by atoms with Gasteiger partial charge < -0.3 is 14.4 Å². The van der Waals surface area contributed by atoms with Crippen LogP contribution in [0.3, 0.4) is 0 Å². The molecule has 0 radical (unpaired) electrons. The van der Waals surface area contributed by atoms with Crippen molar-refractivity contribution >= 4 is 0 Å². The number of fused-ring (bicyclic) bond motifs is 2. The molecule has 26 heavy (non-hydrogen) atoms. The molecule has 2 aliphatic rings. The topological polar surface area (TPSA) is 37.8 Å². The van der Waals surface area contributed by atoms with Crippen molar-refractivity contribution in [3.63, 3.8) is 0 Å². The second-order valence-electron chi connectivity index (χ2n) is 7.36. The minimum absolute atomic E-state index is 0.354. The molecule has 0 N–H and O–H groups in total. The number of aromatic nitrogens is 1. The molecule has 0 saturated carbocycles. The van der Waals surface area contributed by atoms with Gasteiger partial charge in [0.25, 0.3) is 0 Å². The molecule has 0 aliphatic carbocycles. The molecule has 0 unspecified atom stereocenters. The second kappa shape index (κ2) is 7.64. The van der Waals surface area contributed by atoms with Crippen molar-refractivity contribution < 1.29 is 9.47 Å². The Morgan fingerprint density at radius 1 is 1.08 bits per heavy atom. The second-order valence-corrected chi connectivity index (χ2v) is 7.36. The molecular weight excluding hydrogens is 326 g/mol. The Balaban J connectivity index is 1.19. The summed E-state index contributed by atoms with van der Waals surface area (Å²) in [6.45, 7) is 7.72. The van der Waals surface area contributed by atoms with Crippen molar-refractivity contribution in [2.75, 3.05) is 33.5 Å². The van der Waals surface area contributed by atoms with Gasteiger partial charge in [0, 0.05) is 44.0 Å². The highest BCUT2D eigenvalue weighted by Gasteiger charge is 2.24. The zero-order valence-electron chi connectivity index (χ0n) is 15.7. The van der Waals surface area contributed by atoms with Gasteiger partial charge in [-0.2, -0.15) is 0 Å². The first-order chi connectivity index (χ1) is 12.7. The fourth-order valence-corrected chi connectivity index (χ4v) is 3.74. The zero-order valence-corrected chi connectivity index (χ0v) is 15.7. The van der Waals surface area contributed by atoms with E-state index in [0.717, 1.165) is 56.3 Å². The van der Waals surface area contributed by atoms with Crippen molar-refractivity contribution in [3.8, 4) is 11.5 Å². The molecule has 1 aromatic carbocycles. The van der Waals surface area contributed by atoms with Gasteiger partial charge in [-0.05, 0) is 62.3 Å². The van der Waals surface area contributed by atoms with E-state index in [-0.39, 0.29) is 0 Å². The van der Waals surface area contributed by atoms with Gasteiger partial charge in [-0.25, -0.2) is 0 Å². The fourth-order valence-electron chi connectivity index (χ4n) is 3.74. The number of nitrogens with zero attached hydrogens (tertiary/aromatic N) is 3. The Labute approximate surface area is 155 Å². The number of likely N-dealkylation sites (N-methyl/N-ethyl adjacent to an activating group) is 1. The number of aryl methyl sites for hydroxylation is 1. The van der Waals surface area contributed by atoms with Crippen LogP contribution < -0.4 is 9.47 Å². The number of hydrogen-bond acceptors (Lipinski definition) is 5. The van der Waals surface area contributed by atoms with Crippen molar-refractivity contribution in [3.05, 3.63) is 52.8 Å². The third-order valence-corrected chi connectivity index (χ3v) is 5.19. The first-order valence-electron chi connectivity index (χ1n) is 9.42. The van der Waals surface area contributed by atoms with Crippen LogP contribution in [0, 0.1) is 6.92 Å². The third-order valence-electron chi connectivity index (χ3n) is 5.19. The molecule has 0 bridgehead atoms. The van der Waals surface area contributed by atoms with Gasteiger partial charge in [0.15, 0.2) is 11.5 Å². The largest absolute Gasteiger partial charge is 0.454 e. The fraction of sp³-hybridized carbons (Fsp3) is 0.476. The van der Waals surface area contributed by atoms with Gasteiger partial charge in [0.2, 0.25) is 6.79 Å². The van der Waals surface area contributed by atoms with Crippen LogP contribution in [0.4, 0.5) is 0 Å². The molecule has 0 saturated heterocycles. The van der Waals surface area contributed by atoms with Crippen molar-refractivity contribution in [2.24, 2.45) is 0 Å². The molecular formula is C21H27N3O2. The van der Waals surface area contributed by atoms with E-state index in [0.29, 0.717) is 6.79 Å². The van der Waals surface area contributed by atoms with Crippen molar-refractivity contribution in [2.45, 2.75) is 32.9 Å². The van der Waals surface area contributed by atoms with Crippen LogP contribution in [0.15, 0.2) is 30.3 Å². The Hall–Kier alpha value is -2.11. The number of pyridine rings is 1. The highest BCUT2D eigenvalue weighted by atomic mass is 16.7. The third kappa shape index (κ3) is 4.00. The normalized spacial score (nSPS) is 15.7. The average molecular weight is 353 g/mol. The van der Waals surface area contributed by atoms with E-state index in [2.05, 4.69) is 46.1 Å². The maximum Gasteiger partial charge on any atom is 0.231 e. The maximum absolute atomic E-state index is 5.49. The SMILES string of the molecule is Cc1cccc(CCN(C)CCCN2Cc3cc4c(cc3C2)OCO4)n1. The van der Waals surface area contributed by atoms with Crippen molar-refractivity contribution in [1.82, 2.24) is 14.8 Å². The van der Waals surface area contributed by atoms with Crippen LogP contribution in [-0.4, -0.2) is 48.3 Å². The lowest BCUT2D eigenvalue weighted by molar-refractivity contribution is 0.173. The van der Waals surface area contributed by atoms with E-state index in [1.807, 2.05) is 13.0 Å². The Kier molecular flexibility index (Phi) is 5.09. The van der Waals surface area contributed by atoms with Crippen LogP contribution in [0.2, 0.25) is 0 Å². The number of hydrogen-bond donors (Lipinski definition) is 0. The number of benzene rings is 1. The van der Waals surface area contributed by atoms with E-state index >= 15 is 0 Å². The molecule has 1 aromatic heterocycles. The van der Waals surface area contributed by atoms with E-state index in [1.54, 1.807) is 0 Å². The van der Waals surface area contributed by atoms with Gasteiger partial charge in [-0.15, -0.1) is 0 Å². The summed E-state index contributed by atoms with van der Waals surface area (Å²) in [5, 5.41) is 0. The standard InChI is InChI=1S/C21H27N3O2/c1-16-5-3-6-19(22-16)7-10-23(2)8-4-9-24-13-17-11-20-21(26-15-25-20)12-18(17)14-24/h3,5-6,11-12H,4,7-10,13-15H2,1-2H3. The monoisotopic (exact) mass is 353 g/mol. The molecule has 4 rings (SSSR count). The molecule has 5 heteroatoms. The summed E-state index contributed by atoms with van der Waals surface area (Å²) in [7, 11) is 2.20. The van der Waals surface area contributed by atoms with E-state index in [4.69, 9.17) is 9.47 Å². The summed E-state index contributed by atoms with van der Waals surface area (Å²) in [6, 6.07) is 10.6. The lowest BCUT2D eigenvalue weighted by atomic mass is 10.1. The zero-order chi connectivity index (χ0) is 17.9. The van der Waals surface area contributed by atoms with Gasteiger partial charge in [0.1, 0.15) is 0 Å². The highest BCUT2D eigenvalue weighted by Crippen LogP contribution is 2.37. The molecule has 0 atom stereocenters. The van der Waals surface area contributed by atoms with Crippen LogP contribution >= 0.6 is 0 Å². The van der Waals surface area contributed by atoms with Gasteiger partial charge in [-0.3, -0.25) is 9.88 Å². The molecule has 0 amide bonds. The summed E-state index contributed by atoms with van der Waals surface area (Å²) in [5.74, 6) is 1.80. The summed E-state index contributed by atoms with van der Waals surface area (Å²) in [5.41, 5.74) is 5.05. The van der Waals surface area contributed by atoms with Crippen LogP contribution in [-0.2, 0) is 19.5 Å². The molecule has 0 fully saturated rings. The molecule has 0 spiro atoms. The summed E-state index contributed by atoms with van der Waals surface area (Å²) < 4.78 is 11.0. The molecule has 2 aromatic rings. The summed E-state index contributed by atoms with van der Waals surface area (Å²) in [6.07, 6.45) is 2.19. The predicted octanol–water partition coefficient (Wildman–Crippen LogP) is 3.00. The molecule has 5 nitrogen and oxygen atoms in total. The van der Waals surface area contributed by atoms with Crippen LogP contribution in [0.5, 0.6) is 11.5 Å². The quantitative estimate of drug-likeness (QED) is 0.765. The Morgan fingerprint density at radius 2 is 1.81 bits per heavy atom. The van der Waals surface area contributed by atoms with Gasteiger partial charge in [0.05, 0.1) is 0 Å². The van der Waals surface area contributed by atoms with Crippen LogP contribution in [0.25, 0.3) is 0 Å². The molecule has 3 heterocycles. The first-order valence-corrected chi connectivity index (χ1v) is 9.42. The smallest absolute Gasteiger partial charge is 0.231 e. The lowest BCUT2D eigenvalue weighted by Crippen LogP contribution is -2.26. The van der Waals surface area contributed by atoms with E-state index in [9.17, 15) is 0 Å². The average Bonchev–Trinajstić information content (AvgIpc) is 3.23. The minimum Gasteiger partial charge on any atom is -0.454 e. The first kappa shape index (κ1) is 17.3. The maximum atomic E-state index is 5.49. The van der Waals surface area contributed by atoms with Gasteiger partial charge >= 0.3 is 0 Å². The summed E-state index contributed by atoms with van der Waals surface area (Å²) >= 11 is 0. The molecule has 2 aliphatic heterocycles. The van der Waals surface area contributed by atoms with E-state index < -0.39 is 0 Å². The van der Waals surface area contributed by atoms with Crippen molar-refractivity contribution in [1.29, 1.82) is 0 Å². The Morgan fingerprint density at radius 3 is 2.50 bits per heavy atom. The highest BCUT2D eigenvalue weighted by molar-refractivity contribution is 5.49. The number of ether oxygens (including phenoxy) is 2. The molecule has 138 valence electrons. The van der Waals surface area contributed by atoms with Gasteiger partial charge in [-0.1, -0.05) is 6.07 Å². The lowest BCUT2D eigenvalue weighted by Gasteiger charge is -2.19. The summed E-state index contributed by atoms with van der Waals surface area (Å²) in [4.78, 5) is 9.50. The minimum atomic E-state index is 0.354. The number of rotatable bonds is 7. The van der Waals surface area contributed by atoms with E-state index in [1.165, 1.54) is 23.2 Å². The predicted molar refractivity (Wildman–Crippen MR) is 101 cm³/mol. The van der Waals surface area contributed by atoms with Crippen LogP contribution in [0.1, 0.15) is 28.9 Å². The Bertz CT molecular complexity index is 745.